The molecule has 1 aliphatic heterocycles. The van der Waals surface area contributed by atoms with Crippen LogP contribution in [0.1, 0.15) is 57.0 Å². The van der Waals surface area contributed by atoms with Crippen LogP contribution in [0.2, 0.25) is 0 Å². The van der Waals surface area contributed by atoms with E-state index in [-0.39, 0.29) is 5.92 Å². The van der Waals surface area contributed by atoms with Gasteiger partial charge in [-0.05, 0) is 43.9 Å². The van der Waals surface area contributed by atoms with Gasteiger partial charge in [0.2, 0.25) is 5.91 Å². The number of carbonyl (C=O) groups is 3. The Morgan fingerprint density at radius 2 is 1.75 bits per heavy atom. The molecule has 0 radical (unpaired) electrons. The molecule has 2 heterocycles. The first-order chi connectivity index (χ1) is 13.3. The van der Waals surface area contributed by atoms with Crippen molar-refractivity contribution in [2.75, 3.05) is 5.32 Å². The van der Waals surface area contributed by atoms with Crippen LogP contribution in [-0.2, 0) is 4.79 Å². The van der Waals surface area contributed by atoms with Crippen molar-refractivity contribution >= 4 is 34.1 Å². The number of amides is 3. The zero-order valence-corrected chi connectivity index (χ0v) is 17.0. The summed E-state index contributed by atoms with van der Waals surface area (Å²) in [6.45, 7) is 7.57. The number of hydrogen-bond acceptors (Lipinski definition) is 5. The summed E-state index contributed by atoms with van der Waals surface area (Å²) in [6, 6.07) is 7.76. The van der Waals surface area contributed by atoms with Gasteiger partial charge in [-0.3, -0.25) is 19.3 Å². The highest BCUT2D eigenvalue weighted by atomic mass is 32.1. The third-order valence-corrected chi connectivity index (χ3v) is 5.99. The van der Waals surface area contributed by atoms with Crippen LogP contribution >= 0.6 is 11.3 Å². The van der Waals surface area contributed by atoms with Crippen LogP contribution in [-0.4, -0.2) is 28.7 Å². The second-order valence-corrected chi connectivity index (χ2v) is 8.48. The molecule has 28 heavy (non-hydrogen) atoms. The second kappa shape index (κ2) is 7.56. The Bertz CT molecular complexity index is 981. The Hall–Kier alpha value is -2.98. The summed E-state index contributed by atoms with van der Waals surface area (Å²) in [4.78, 5) is 40.8. The predicted molar refractivity (Wildman–Crippen MR) is 107 cm³/mol. The van der Waals surface area contributed by atoms with Crippen LogP contribution < -0.4 is 5.32 Å². The lowest BCUT2D eigenvalue weighted by molar-refractivity contribution is -0.120. The van der Waals surface area contributed by atoms with Crippen LogP contribution in [0.4, 0.5) is 5.00 Å². The molecule has 1 N–H and O–H groups in total. The van der Waals surface area contributed by atoms with Crippen molar-refractivity contribution in [3.05, 3.63) is 51.4 Å². The van der Waals surface area contributed by atoms with Gasteiger partial charge in [0.15, 0.2) is 0 Å². The molecule has 2 aromatic rings. The van der Waals surface area contributed by atoms with E-state index in [2.05, 4.69) is 11.4 Å². The lowest BCUT2D eigenvalue weighted by atomic mass is 10.0. The van der Waals surface area contributed by atoms with E-state index in [1.54, 1.807) is 24.3 Å². The van der Waals surface area contributed by atoms with Gasteiger partial charge in [0, 0.05) is 4.88 Å². The average Bonchev–Trinajstić information content (AvgIpc) is 3.06. The third kappa shape index (κ3) is 3.32. The molecule has 144 valence electrons. The summed E-state index contributed by atoms with van der Waals surface area (Å²) in [5, 5.41) is 12.6. The number of imide groups is 1. The summed E-state index contributed by atoms with van der Waals surface area (Å²) in [6.07, 6.45) is 0.336. The largest absolute Gasteiger partial charge is 0.315 e. The fraction of sp³-hybridized carbons (Fsp3) is 0.333. The molecular weight excluding hydrogens is 374 g/mol. The van der Waals surface area contributed by atoms with Crippen molar-refractivity contribution in [1.29, 1.82) is 5.26 Å². The van der Waals surface area contributed by atoms with Crippen molar-refractivity contribution in [2.45, 2.75) is 40.2 Å². The number of hydrogen-bond donors (Lipinski definition) is 1. The van der Waals surface area contributed by atoms with E-state index in [1.807, 2.05) is 27.7 Å². The molecule has 1 aliphatic rings. The minimum absolute atomic E-state index is 0.0855. The number of nitriles is 1. The number of fused-ring (bicyclic) bond motifs is 1. The number of thiophene rings is 1. The number of rotatable bonds is 5. The maximum absolute atomic E-state index is 13.1. The Balaban J connectivity index is 1.95. The predicted octanol–water partition coefficient (Wildman–Crippen LogP) is 3.89. The van der Waals surface area contributed by atoms with Crippen molar-refractivity contribution in [2.24, 2.45) is 5.92 Å². The first-order valence-corrected chi connectivity index (χ1v) is 9.85. The Morgan fingerprint density at radius 1 is 1.18 bits per heavy atom. The molecular formula is C21H21N3O3S. The standard InChI is InChI=1S/C21H21N3O3S/c1-11(2)9-17(18(25)23-19-16(10-22)12(3)13(4)28-19)24-20(26)14-7-5-6-8-15(14)21(24)27/h5-8,11,17H,9H2,1-4H3,(H,23,25)/t17-/m0/s1. The van der Waals surface area contributed by atoms with Crippen LogP contribution in [0.25, 0.3) is 0 Å². The first-order valence-electron chi connectivity index (χ1n) is 9.04. The van der Waals surface area contributed by atoms with Crippen LogP contribution in [0, 0.1) is 31.1 Å². The van der Waals surface area contributed by atoms with Gasteiger partial charge in [0.05, 0.1) is 16.7 Å². The van der Waals surface area contributed by atoms with Crippen molar-refractivity contribution < 1.29 is 14.4 Å². The van der Waals surface area contributed by atoms with Gasteiger partial charge >= 0.3 is 0 Å². The molecule has 3 rings (SSSR count). The fourth-order valence-electron chi connectivity index (χ4n) is 3.31. The number of benzene rings is 1. The highest BCUT2D eigenvalue weighted by molar-refractivity contribution is 7.16. The van der Waals surface area contributed by atoms with E-state index in [0.29, 0.717) is 28.1 Å². The van der Waals surface area contributed by atoms with Crippen LogP contribution in [0.5, 0.6) is 0 Å². The summed E-state index contributed by atoms with van der Waals surface area (Å²) in [7, 11) is 0. The first kappa shape index (κ1) is 19.8. The molecule has 1 aromatic carbocycles. The number of carbonyl (C=O) groups excluding carboxylic acids is 3. The van der Waals surface area contributed by atoms with Crippen LogP contribution in [0.15, 0.2) is 24.3 Å². The normalized spacial score (nSPS) is 14.2. The minimum Gasteiger partial charge on any atom is -0.315 e. The molecule has 0 aliphatic carbocycles. The van der Waals surface area contributed by atoms with E-state index in [9.17, 15) is 19.6 Å². The third-order valence-electron chi connectivity index (χ3n) is 4.87. The second-order valence-electron chi connectivity index (χ2n) is 7.26. The van der Waals surface area contributed by atoms with Gasteiger partial charge in [0.1, 0.15) is 17.1 Å². The lowest BCUT2D eigenvalue weighted by Gasteiger charge is -2.26. The zero-order valence-electron chi connectivity index (χ0n) is 16.2. The smallest absolute Gasteiger partial charge is 0.262 e. The summed E-state index contributed by atoms with van der Waals surface area (Å²) in [5.41, 5.74) is 1.87. The Labute approximate surface area is 167 Å². The van der Waals surface area contributed by atoms with E-state index < -0.39 is 23.8 Å². The number of nitrogens with zero attached hydrogens (tertiary/aromatic N) is 2. The lowest BCUT2D eigenvalue weighted by Crippen LogP contribution is -2.47. The summed E-state index contributed by atoms with van der Waals surface area (Å²) in [5.74, 6) is -1.29. The van der Waals surface area contributed by atoms with Gasteiger partial charge in [0.25, 0.3) is 11.8 Å². The summed E-state index contributed by atoms with van der Waals surface area (Å²) >= 11 is 1.32. The Morgan fingerprint density at radius 3 is 2.25 bits per heavy atom. The van der Waals surface area contributed by atoms with Gasteiger partial charge in [-0.25, -0.2) is 0 Å². The highest BCUT2D eigenvalue weighted by Gasteiger charge is 2.43. The quantitative estimate of drug-likeness (QED) is 0.778. The molecule has 3 amide bonds. The zero-order chi connectivity index (χ0) is 20.6. The van der Waals surface area contributed by atoms with Crippen molar-refractivity contribution in [1.82, 2.24) is 4.90 Å². The molecule has 1 atom stereocenters. The topological polar surface area (TPSA) is 90.3 Å². The van der Waals surface area contributed by atoms with Crippen molar-refractivity contribution in [3.63, 3.8) is 0 Å². The molecule has 0 saturated carbocycles. The molecule has 0 spiro atoms. The van der Waals surface area contributed by atoms with E-state index in [1.165, 1.54) is 11.3 Å². The number of aryl methyl sites for hydroxylation is 1. The molecule has 6 nitrogen and oxygen atoms in total. The molecule has 0 bridgehead atoms. The molecule has 7 heteroatoms. The molecule has 0 saturated heterocycles. The van der Waals surface area contributed by atoms with Gasteiger partial charge in [-0.15, -0.1) is 11.3 Å². The van der Waals surface area contributed by atoms with Crippen LogP contribution in [0.3, 0.4) is 0 Å². The number of nitrogens with one attached hydrogen (secondary N) is 1. The van der Waals surface area contributed by atoms with Gasteiger partial charge in [-0.1, -0.05) is 26.0 Å². The Kier molecular flexibility index (Phi) is 5.34. The molecule has 0 unspecified atom stereocenters. The summed E-state index contributed by atoms with van der Waals surface area (Å²) < 4.78 is 0. The highest BCUT2D eigenvalue weighted by Crippen LogP contribution is 2.33. The maximum atomic E-state index is 13.1. The van der Waals surface area contributed by atoms with E-state index >= 15 is 0 Å². The molecule has 0 fully saturated rings. The molecule has 1 aromatic heterocycles. The van der Waals surface area contributed by atoms with E-state index in [4.69, 9.17) is 0 Å². The SMILES string of the molecule is Cc1sc(NC(=O)[C@H](CC(C)C)N2C(=O)c3ccccc3C2=O)c(C#N)c1C. The number of anilines is 1. The maximum Gasteiger partial charge on any atom is 0.262 e. The van der Waals surface area contributed by atoms with Crippen molar-refractivity contribution in [3.8, 4) is 6.07 Å². The minimum atomic E-state index is -0.943. The average molecular weight is 395 g/mol. The van der Waals surface area contributed by atoms with Gasteiger partial charge < -0.3 is 5.32 Å². The van der Waals surface area contributed by atoms with Gasteiger partial charge in [-0.2, -0.15) is 5.26 Å². The monoisotopic (exact) mass is 395 g/mol. The fourth-order valence-corrected chi connectivity index (χ4v) is 4.33. The van der Waals surface area contributed by atoms with E-state index in [0.717, 1.165) is 15.3 Å².